The molecule has 1 aliphatic heterocycles. The number of hydrogen-bond donors (Lipinski definition) is 1. The Hall–Kier alpha value is -3.67. The minimum atomic E-state index is -0.656. The zero-order chi connectivity index (χ0) is 19.5. The van der Waals surface area contributed by atoms with Crippen LogP contribution in [0.1, 0.15) is 26.3 Å². The molecule has 0 radical (unpaired) electrons. The van der Waals surface area contributed by atoms with Crippen LogP contribution in [-0.4, -0.2) is 24.9 Å². The highest BCUT2D eigenvalue weighted by atomic mass is 19.1. The first-order valence-electron chi connectivity index (χ1n) is 8.73. The predicted octanol–water partition coefficient (Wildman–Crippen LogP) is 4.08. The molecule has 0 saturated carbocycles. The molecule has 0 aliphatic carbocycles. The van der Waals surface area contributed by atoms with Gasteiger partial charge in [-0.2, -0.15) is 0 Å². The van der Waals surface area contributed by atoms with Crippen LogP contribution in [0.25, 0.3) is 0 Å². The molecule has 0 bridgehead atoms. The van der Waals surface area contributed by atoms with E-state index in [1.54, 1.807) is 36.4 Å². The second kappa shape index (κ2) is 7.52. The number of rotatable bonds is 4. The van der Waals surface area contributed by atoms with Crippen molar-refractivity contribution in [2.24, 2.45) is 0 Å². The molecule has 140 valence electrons. The molecule has 5 nitrogen and oxygen atoms in total. The van der Waals surface area contributed by atoms with Crippen molar-refractivity contribution >= 4 is 17.4 Å². The van der Waals surface area contributed by atoms with E-state index in [0.29, 0.717) is 30.3 Å². The highest BCUT2D eigenvalue weighted by Gasteiger charge is 2.23. The maximum absolute atomic E-state index is 14.0. The highest BCUT2D eigenvalue weighted by Crippen LogP contribution is 2.36. The summed E-state index contributed by atoms with van der Waals surface area (Å²) in [6, 6.07) is 17.4. The molecule has 6 heteroatoms. The lowest BCUT2D eigenvalue weighted by Crippen LogP contribution is -2.19. The third-order valence-corrected chi connectivity index (χ3v) is 4.33. The average Bonchev–Trinajstić information content (AvgIpc) is 2.73. The van der Waals surface area contributed by atoms with Crippen LogP contribution in [0.15, 0.2) is 66.7 Å². The van der Waals surface area contributed by atoms with Crippen molar-refractivity contribution in [2.75, 3.05) is 18.5 Å². The first-order chi connectivity index (χ1) is 13.6. The van der Waals surface area contributed by atoms with Gasteiger partial charge < -0.3 is 14.8 Å². The largest absolute Gasteiger partial charge is 0.486 e. The van der Waals surface area contributed by atoms with Crippen LogP contribution in [-0.2, 0) is 0 Å². The Morgan fingerprint density at radius 1 is 0.821 bits per heavy atom. The summed E-state index contributed by atoms with van der Waals surface area (Å²) < 4.78 is 25.1. The van der Waals surface area contributed by atoms with Gasteiger partial charge in [-0.05, 0) is 18.2 Å². The van der Waals surface area contributed by atoms with Crippen molar-refractivity contribution in [3.63, 3.8) is 0 Å². The monoisotopic (exact) mass is 377 g/mol. The number of benzene rings is 3. The normalized spacial score (nSPS) is 12.3. The van der Waals surface area contributed by atoms with Gasteiger partial charge in [-0.1, -0.05) is 42.5 Å². The number of ketones is 1. The van der Waals surface area contributed by atoms with Crippen LogP contribution in [0.2, 0.25) is 0 Å². The Morgan fingerprint density at radius 2 is 1.46 bits per heavy atom. The Bertz CT molecular complexity index is 1050. The zero-order valence-corrected chi connectivity index (χ0v) is 14.8. The maximum Gasteiger partial charge on any atom is 0.258 e. The fourth-order valence-corrected chi connectivity index (χ4v) is 2.96. The number of hydrogen-bond acceptors (Lipinski definition) is 4. The second-order valence-corrected chi connectivity index (χ2v) is 6.17. The Morgan fingerprint density at radius 3 is 2.18 bits per heavy atom. The number of halogens is 1. The lowest BCUT2D eigenvalue weighted by molar-refractivity contribution is 0.102. The fourth-order valence-electron chi connectivity index (χ4n) is 2.96. The molecule has 0 spiro atoms. The Balaban J connectivity index is 1.75. The molecule has 0 fully saturated rings. The van der Waals surface area contributed by atoms with Gasteiger partial charge >= 0.3 is 0 Å². The SMILES string of the molecule is O=C(Nc1cc2c(cc1C(=O)c1ccccc1)OCCO2)c1ccccc1F. The van der Waals surface area contributed by atoms with Gasteiger partial charge in [0.1, 0.15) is 19.0 Å². The summed E-state index contributed by atoms with van der Waals surface area (Å²) in [4.78, 5) is 25.6. The average molecular weight is 377 g/mol. The molecular formula is C22H16FNO4. The second-order valence-electron chi connectivity index (χ2n) is 6.17. The van der Waals surface area contributed by atoms with Crippen molar-refractivity contribution < 1.29 is 23.5 Å². The van der Waals surface area contributed by atoms with Crippen LogP contribution in [0.4, 0.5) is 10.1 Å². The molecule has 1 N–H and O–H groups in total. The van der Waals surface area contributed by atoms with Gasteiger partial charge in [0.2, 0.25) is 0 Å². The van der Waals surface area contributed by atoms with E-state index in [-0.39, 0.29) is 22.6 Å². The standard InChI is InChI=1S/C22H16FNO4/c23-17-9-5-4-8-15(17)22(26)24-18-13-20-19(27-10-11-28-20)12-16(18)21(25)14-6-2-1-3-7-14/h1-9,12-13H,10-11H2,(H,24,26). The van der Waals surface area contributed by atoms with Crippen molar-refractivity contribution in [3.8, 4) is 11.5 Å². The summed E-state index contributed by atoms with van der Waals surface area (Å²) in [6.07, 6.45) is 0. The maximum atomic E-state index is 14.0. The quantitative estimate of drug-likeness (QED) is 0.696. The van der Waals surface area contributed by atoms with E-state index in [1.807, 2.05) is 6.07 Å². The number of carbonyl (C=O) groups is 2. The number of nitrogens with one attached hydrogen (secondary N) is 1. The summed E-state index contributed by atoms with van der Waals surface area (Å²) in [7, 11) is 0. The van der Waals surface area contributed by atoms with E-state index in [1.165, 1.54) is 24.3 Å². The van der Waals surface area contributed by atoms with Crippen LogP contribution in [0.5, 0.6) is 11.5 Å². The molecule has 0 saturated heterocycles. The molecule has 0 unspecified atom stereocenters. The van der Waals surface area contributed by atoms with E-state index in [2.05, 4.69) is 5.32 Å². The first kappa shape index (κ1) is 17.7. The Labute approximate surface area is 160 Å². The Kier molecular flexibility index (Phi) is 4.76. The van der Waals surface area contributed by atoms with E-state index >= 15 is 0 Å². The van der Waals surface area contributed by atoms with Gasteiger partial charge in [-0.3, -0.25) is 9.59 Å². The summed E-state index contributed by atoms with van der Waals surface area (Å²) in [5.41, 5.74) is 0.808. The van der Waals surface area contributed by atoms with Crippen LogP contribution < -0.4 is 14.8 Å². The third kappa shape index (κ3) is 3.44. The molecule has 0 aromatic heterocycles. The molecule has 3 aromatic carbocycles. The zero-order valence-electron chi connectivity index (χ0n) is 14.8. The third-order valence-electron chi connectivity index (χ3n) is 4.33. The lowest BCUT2D eigenvalue weighted by Gasteiger charge is -2.21. The smallest absolute Gasteiger partial charge is 0.258 e. The van der Waals surface area contributed by atoms with Crippen LogP contribution in [0, 0.1) is 5.82 Å². The van der Waals surface area contributed by atoms with Gasteiger partial charge in [-0.15, -0.1) is 0 Å². The van der Waals surface area contributed by atoms with Gasteiger partial charge in [0.05, 0.1) is 16.8 Å². The van der Waals surface area contributed by atoms with Crippen LogP contribution in [0.3, 0.4) is 0 Å². The number of carbonyl (C=O) groups excluding carboxylic acids is 2. The summed E-state index contributed by atoms with van der Waals surface area (Å²) in [5.74, 6) is -0.749. The molecule has 1 heterocycles. The highest BCUT2D eigenvalue weighted by molar-refractivity contribution is 6.15. The predicted molar refractivity (Wildman–Crippen MR) is 102 cm³/mol. The number of ether oxygens (including phenoxy) is 2. The van der Waals surface area contributed by atoms with Gasteiger partial charge in [0, 0.05) is 11.6 Å². The summed E-state index contributed by atoms with van der Waals surface area (Å²) in [5, 5.41) is 2.63. The van der Waals surface area contributed by atoms with Gasteiger partial charge in [-0.25, -0.2) is 4.39 Å². The molecule has 1 amide bonds. The topological polar surface area (TPSA) is 64.6 Å². The molecule has 3 aromatic rings. The van der Waals surface area contributed by atoms with Crippen molar-refractivity contribution in [3.05, 3.63) is 89.2 Å². The summed E-state index contributed by atoms with van der Waals surface area (Å²) >= 11 is 0. The minimum Gasteiger partial charge on any atom is -0.486 e. The summed E-state index contributed by atoms with van der Waals surface area (Å²) in [6.45, 7) is 0.729. The number of anilines is 1. The molecule has 28 heavy (non-hydrogen) atoms. The fraction of sp³-hybridized carbons (Fsp3) is 0.0909. The van der Waals surface area contributed by atoms with Crippen molar-refractivity contribution in [2.45, 2.75) is 0 Å². The first-order valence-corrected chi connectivity index (χ1v) is 8.73. The lowest BCUT2D eigenvalue weighted by atomic mass is 10.0. The van der Waals surface area contributed by atoms with E-state index in [4.69, 9.17) is 9.47 Å². The van der Waals surface area contributed by atoms with Crippen molar-refractivity contribution in [1.29, 1.82) is 0 Å². The number of amides is 1. The van der Waals surface area contributed by atoms with Gasteiger partial charge in [0.15, 0.2) is 17.3 Å². The van der Waals surface area contributed by atoms with Crippen molar-refractivity contribution in [1.82, 2.24) is 0 Å². The molecule has 0 atom stereocenters. The van der Waals surface area contributed by atoms with Crippen LogP contribution >= 0.6 is 0 Å². The molecule has 4 rings (SSSR count). The van der Waals surface area contributed by atoms with E-state index in [0.717, 1.165) is 0 Å². The van der Waals surface area contributed by atoms with Gasteiger partial charge in [0.25, 0.3) is 5.91 Å². The van der Waals surface area contributed by atoms with E-state index in [9.17, 15) is 14.0 Å². The van der Waals surface area contributed by atoms with E-state index < -0.39 is 11.7 Å². The molecular weight excluding hydrogens is 361 g/mol. The number of fused-ring (bicyclic) bond motifs is 1. The minimum absolute atomic E-state index is 0.115. The molecule has 1 aliphatic rings.